The first-order chi connectivity index (χ1) is 14.7. The Kier molecular flexibility index (Phi) is 5.89. The Bertz CT molecular complexity index is 1150. The molecule has 0 spiro atoms. The lowest BCUT2D eigenvalue weighted by Gasteiger charge is -2.09. The second-order valence-electron chi connectivity index (χ2n) is 6.56. The molecule has 1 amide bonds. The molecular weight excluding hydrogens is 402 g/mol. The van der Waals surface area contributed by atoms with Crippen molar-refractivity contribution in [1.29, 1.82) is 0 Å². The zero-order valence-electron chi connectivity index (χ0n) is 16.7. The van der Waals surface area contributed by atoms with Crippen LogP contribution in [-0.2, 0) is 11.2 Å². The van der Waals surface area contributed by atoms with E-state index in [-0.39, 0.29) is 12.5 Å². The maximum absolute atomic E-state index is 12.3. The summed E-state index contributed by atoms with van der Waals surface area (Å²) in [5, 5.41) is 16.7. The molecule has 0 radical (unpaired) electrons. The average molecular weight is 423 g/mol. The number of nitrogens with zero attached hydrogens (tertiary/aromatic N) is 4. The van der Waals surface area contributed by atoms with E-state index in [0.29, 0.717) is 11.4 Å². The van der Waals surface area contributed by atoms with Gasteiger partial charge in [-0.1, -0.05) is 30.4 Å². The highest BCUT2D eigenvalue weighted by Crippen LogP contribution is 2.27. The number of aryl methyl sites for hydroxylation is 1. The molecule has 1 N–H and O–H groups in total. The fourth-order valence-corrected chi connectivity index (χ4v) is 3.76. The second kappa shape index (κ2) is 8.91. The third kappa shape index (κ3) is 4.41. The standard InChI is InChI=1S/C21H21N5O3S/c1-3-5-18-23-24-21-26(18)25-20(30-21)14-6-4-7-15(12-14)22-19(27)13-29-17-10-8-16(28-2)9-11-17/h4,6-12H,3,5,13H2,1-2H3,(H,22,27). The van der Waals surface area contributed by atoms with Gasteiger partial charge in [0, 0.05) is 17.7 Å². The van der Waals surface area contributed by atoms with Crippen molar-refractivity contribution in [3.8, 4) is 22.1 Å². The van der Waals surface area contributed by atoms with Gasteiger partial charge in [-0.25, -0.2) is 0 Å². The molecule has 30 heavy (non-hydrogen) atoms. The molecule has 0 aliphatic carbocycles. The van der Waals surface area contributed by atoms with E-state index in [9.17, 15) is 4.79 Å². The summed E-state index contributed by atoms with van der Waals surface area (Å²) < 4.78 is 12.4. The van der Waals surface area contributed by atoms with Crippen molar-refractivity contribution in [1.82, 2.24) is 19.8 Å². The van der Waals surface area contributed by atoms with E-state index in [1.807, 2.05) is 24.3 Å². The average Bonchev–Trinajstić information content (AvgIpc) is 3.35. The quantitative estimate of drug-likeness (QED) is 0.463. The van der Waals surface area contributed by atoms with Crippen LogP contribution in [-0.4, -0.2) is 39.4 Å². The SMILES string of the molecule is CCCc1nnc2sc(-c3cccc(NC(=O)COc4ccc(OC)cc4)c3)nn12. The van der Waals surface area contributed by atoms with Gasteiger partial charge in [-0.2, -0.15) is 9.61 Å². The number of anilines is 1. The fraction of sp³-hybridized carbons (Fsp3) is 0.238. The number of hydrogen-bond donors (Lipinski definition) is 1. The van der Waals surface area contributed by atoms with E-state index in [0.717, 1.165) is 39.9 Å². The first-order valence-electron chi connectivity index (χ1n) is 9.54. The Morgan fingerprint density at radius 3 is 2.70 bits per heavy atom. The molecular formula is C21H21N5O3S. The zero-order chi connectivity index (χ0) is 20.9. The summed E-state index contributed by atoms with van der Waals surface area (Å²) in [6.45, 7) is 2.01. The minimum atomic E-state index is -0.244. The van der Waals surface area contributed by atoms with Gasteiger partial charge in [-0.05, 0) is 42.8 Å². The zero-order valence-corrected chi connectivity index (χ0v) is 17.5. The van der Waals surface area contributed by atoms with E-state index in [2.05, 4.69) is 27.5 Å². The van der Waals surface area contributed by atoms with Crippen LogP contribution >= 0.6 is 11.3 Å². The highest BCUT2D eigenvalue weighted by Gasteiger charge is 2.13. The predicted octanol–water partition coefficient (Wildman–Crippen LogP) is 3.83. The number of ether oxygens (including phenoxy) is 2. The van der Waals surface area contributed by atoms with Gasteiger partial charge in [0.25, 0.3) is 5.91 Å². The molecule has 2 aromatic carbocycles. The van der Waals surface area contributed by atoms with E-state index in [1.54, 1.807) is 35.9 Å². The number of benzene rings is 2. The van der Waals surface area contributed by atoms with Gasteiger partial charge in [0.05, 0.1) is 7.11 Å². The topological polar surface area (TPSA) is 90.6 Å². The first-order valence-corrected chi connectivity index (χ1v) is 10.4. The molecule has 0 saturated carbocycles. The van der Waals surface area contributed by atoms with Crippen LogP contribution in [0.3, 0.4) is 0 Å². The number of methoxy groups -OCH3 is 1. The van der Waals surface area contributed by atoms with Gasteiger partial charge in [0.15, 0.2) is 12.4 Å². The molecule has 0 aliphatic rings. The lowest BCUT2D eigenvalue weighted by molar-refractivity contribution is -0.118. The summed E-state index contributed by atoms with van der Waals surface area (Å²) in [5.41, 5.74) is 1.58. The number of amides is 1. The monoisotopic (exact) mass is 423 g/mol. The maximum Gasteiger partial charge on any atom is 0.262 e. The van der Waals surface area contributed by atoms with Gasteiger partial charge in [-0.3, -0.25) is 4.79 Å². The summed E-state index contributed by atoms with van der Waals surface area (Å²) in [7, 11) is 1.60. The smallest absolute Gasteiger partial charge is 0.262 e. The van der Waals surface area contributed by atoms with E-state index >= 15 is 0 Å². The van der Waals surface area contributed by atoms with E-state index in [4.69, 9.17) is 9.47 Å². The largest absolute Gasteiger partial charge is 0.497 e. The van der Waals surface area contributed by atoms with Gasteiger partial charge in [0.1, 0.15) is 16.5 Å². The Morgan fingerprint density at radius 2 is 1.93 bits per heavy atom. The molecule has 0 fully saturated rings. The molecule has 0 atom stereocenters. The van der Waals surface area contributed by atoms with Crippen molar-refractivity contribution in [2.45, 2.75) is 19.8 Å². The van der Waals surface area contributed by atoms with Crippen molar-refractivity contribution in [3.63, 3.8) is 0 Å². The van der Waals surface area contributed by atoms with Crippen LogP contribution in [0, 0.1) is 0 Å². The number of hydrogen-bond acceptors (Lipinski definition) is 7. The predicted molar refractivity (Wildman–Crippen MR) is 115 cm³/mol. The Labute approximate surface area is 177 Å². The summed E-state index contributed by atoms with van der Waals surface area (Å²) >= 11 is 1.47. The minimum Gasteiger partial charge on any atom is -0.497 e. The molecule has 0 aliphatic heterocycles. The van der Waals surface area contributed by atoms with Crippen LogP contribution in [0.5, 0.6) is 11.5 Å². The van der Waals surface area contributed by atoms with Gasteiger partial charge in [0.2, 0.25) is 4.96 Å². The number of nitrogens with one attached hydrogen (secondary N) is 1. The first kappa shape index (κ1) is 19.8. The molecule has 8 nitrogen and oxygen atoms in total. The third-order valence-corrected chi connectivity index (χ3v) is 5.30. The number of rotatable bonds is 8. The molecule has 154 valence electrons. The summed E-state index contributed by atoms with van der Waals surface area (Å²) in [4.78, 5) is 13.0. The third-order valence-electron chi connectivity index (χ3n) is 4.35. The second-order valence-corrected chi connectivity index (χ2v) is 7.52. The summed E-state index contributed by atoms with van der Waals surface area (Å²) in [5.74, 6) is 1.94. The van der Waals surface area contributed by atoms with Crippen LogP contribution in [0.15, 0.2) is 48.5 Å². The summed E-state index contributed by atoms with van der Waals surface area (Å²) in [6.07, 6.45) is 1.81. The fourth-order valence-electron chi connectivity index (χ4n) is 2.90. The van der Waals surface area contributed by atoms with Crippen molar-refractivity contribution >= 4 is 27.9 Å². The number of aromatic nitrogens is 4. The van der Waals surface area contributed by atoms with Crippen molar-refractivity contribution in [3.05, 3.63) is 54.4 Å². The molecule has 4 rings (SSSR count). The summed E-state index contributed by atoms with van der Waals surface area (Å²) in [6, 6.07) is 14.6. The number of carbonyl (C=O) groups is 1. The van der Waals surface area contributed by atoms with Crippen LogP contribution in [0.1, 0.15) is 19.2 Å². The molecule has 4 aromatic rings. The maximum atomic E-state index is 12.3. The van der Waals surface area contributed by atoms with E-state index < -0.39 is 0 Å². The molecule has 2 aromatic heterocycles. The van der Waals surface area contributed by atoms with Crippen LogP contribution < -0.4 is 14.8 Å². The van der Waals surface area contributed by atoms with Crippen molar-refractivity contribution in [2.24, 2.45) is 0 Å². The molecule has 0 bridgehead atoms. The highest BCUT2D eigenvalue weighted by molar-refractivity contribution is 7.19. The molecule has 2 heterocycles. The van der Waals surface area contributed by atoms with Gasteiger partial charge < -0.3 is 14.8 Å². The van der Waals surface area contributed by atoms with Gasteiger partial charge in [-0.15, -0.1) is 10.2 Å². The Morgan fingerprint density at radius 1 is 1.13 bits per heavy atom. The number of fused-ring (bicyclic) bond motifs is 1. The number of carbonyl (C=O) groups excluding carboxylic acids is 1. The minimum absolute atomic E-state index is 0.0896. The van der Waals surface area contributed by atoms with Crippen LogP contribution in [0.25, 0.3) is 15.5 Å². The molecule has 9 heteroatoms. The lowest BCUT2D eigenvalue weighted by atomic mass is 10.2. The molecule has 0 saturated heterocycles. The van der Waals surface area contributed by atoms with Crippen LogP contribution in [0.2, 0.25) is 0 Å². The Hall–Kier alpha value is -3.46. The van der Waals surface area contributed by atoms with Gasteiger partial charge >= 0.3 is 0 Å². The normalized spacial score (nSPS) is 10.9. The van der Waals surface area contributed by atoms with Crippen LogP contribution in [0.4, 0.5) is 5.69 Å². The van der Waals surface area contributed by atoms with E-state index in [1.165, 1.54) is 11.3 Å². The van der Waals surface area contributed by atoms with Crippen molar-refractivity contribution in [2.75, 3.05) is 19.0 Å². The molecule has 0 unspecified atom stereocenters. The highest BCUT2D eigenvalue weighted by atomic mass is 32.1. The van der Waals surface area contributed by atoms with Crippen molar-refractivity contribution < 1.29 is 14.3 Å². The Balaban J connectivity index is 1.42. The lowest BCUT2D eigenvalue weighted by Crippen LogP contribution is -2.20.